The van der Waals surface area contributed by atoms with Gasteiger partial charge >= 0.3 is 12.4 Å². The topological polar surface area (TPSA) is 21.3 Å². The lowest BCUT2D eigenvalue weighted by atomic mass is 9.94. The molecule has 2 nitrogen and oxygen atoms in total. The van der Waals surface area contributed by atoms with E-state index in [1.807, 2.05) is 30.3 Å². The van der Waals surface area contributed by atoms with E-state index in [1.165, 1.54) is 6.92 Å². The third-order valence-electron chi connectivity index (χ3n) is 5.02. The molecule has 1 N–H and O–H groups in total. The van der Waals surface area contributed by atoms with Gasteiger partial charge in [-0.25, -0.2) is 0 Å². The third-order valence-corrected chi connectivity index (χ3v) is 5.02. The number of halogens is 7. The first-order valence-corrected chi connectivity index (χ1v) is 9.29. The fourth-order valence-corrected chi connectivity index (χ4v) is 3.55. The summed E-state index contributed by atoms with van der Waals surface area (Å²) in [6.45, 7) is 2.24. The fourth-order valence-electron chi connectivity index (χ4n) is 3.55. The number of hydrogen-bond donors (Lipinski definition) is 1. The molecule has 3 atom stereocenters. The predicted molar refractivity (Wildman–Crippen MR) is 103 cm³/mol. The van der Waals surface area contributed by atoms with Gasteiger partial charge < -0.3 is 10.1 Å². The van der Waals surface area contributed by atoms with Crippen LogP contribution in [0.5, 0.6) is 0 Å². The van der Waals surface area contributed by atoms with Crippen molar-refractivity contribution in [2.75, 3.05) is 6.54 Å². The molecule has 166 valence electrons. The molecule has 3 unspecified atom stereocenters. The van der Waals surface area contributed by atoms with Gasteiger partial charge in [0.15, 0.2) is 0 Å². The van der Waals surface area contributed by atoms with Gasteiger partial charge in [0.2, 0.25) is 0 Å². The summed E-state index contributed by atoms with van der Waals surface area (Å²) in [4.78, 5) is 0. The molecule has 1 saturated heterocycles. The van der Waals surface area contributed by atoms with Gasteiger partial charge in [0.05, 0.1) is 29.4 Å². The molecule has 0 bridgehead atoms. The van der Waals surface area contributed by atoms with Crippen LogP contribution in [0.25, 0.3) is 0 Å². The highest BCUT2D eigenvalue weighted by atomic mass is 35.5. The summed E-state index contributed by atoms with van der Waals surface area (Å²) in [6, 6.07) is 10.8. The standard InChI is InChI=1S/C21H21F6NO.ClH/c1-13(15-10-16(20(22,23)24)12-17(11-15)21(25,26)27)29-18-8-5-9-28-19(18)14-6-3-2-4-7-14;/h2-4,6-7,10-13,18-19,28H,5,8-9H2,1H3;1H. The van der Waals surface area contributed by atoms with Crippen LogP contribution in [0, 0.1) is 0 Å². The largest absolute Gasteiger partial charge is 0.416 e. The number of alkyl halides is 6. The molecule has 1 heterocycles. The van der Waals surface area contributed by atoms with Gasteiger partial charge in [-0.05, 0) is 55.6 Å². The number of piperidine rings is 1. The molecule has 3 rings (SSSR count). The van der Waals surface area contributed by atoms with Crippen LogP contribution in [-0.2, 0) is 17.1 Å². The molecule has 1 aliphatic heterocycles. The lowest BCUT2D eigenvalue weighted by molar-refractivity contribution is -0.143. The Morgan fingerprint density at radius 3 is 2.03 bits per heavy atom. The molecule has 30 heavy (non-hydrogen) atoms. The zero-order chi connectivity index (χ0) is 21.2. The summed E-state index contributed by atoms with van der Waals surface area (Å²) >= 11 is 0. The molecular formula is C21H22ClF6NO. The summed E-state index contributed by atoms with van der Waals surface area (Å²) < 4.78 is 84.7. The summed E-state index contributed by atoms with van der Waals surface area (Å²) in [6.07, 6.45) is -9.61. The lowest BCUT2D eigenvalue weighted by Gasteiger charge is -2.35. The van der Waals surface area contributed by atoms with Gasteiger partial charge in [-0.15, -0.1) is 12.4 Å². The van der Waals surface area contributed by atoms with Crippen molar-refractivity contribution >= 4 is 12.4 Å². The molecule has 2 aromatic rings. The fraction of sp³-hybridized carbons (Fsp3) is 0.429. The number of benzene rings is 2. The van der Waals surface area contributed by atoms with E-state index in [0.717, 1.165) is 30.7 Å². The molecule has 0 spiro atoms. The summed E-state index contributed by atoms with van der Waals surface area (Å²) in [5.74, 6) is 0. The zero-order valence-corrected chi connectivity index (χ0v) is 16.9. The predicted octanol–water partition coefficient (Wildman–Crippen LogP) is 6.72. The normalized spacial score (nSPS) is 21.0. The Labute approximate surface area is 177 Å². The smallest absolute Gasteiger partial charge is 0.369 e. The second kappa shape index (κ2) is 9.58. The van der Waals surface area contributed by atoms with Crippen LogP contribution in [-0.4, -0.2) is 12.6 Å². The molecule has 2 aromatic carbocycles. The van der Waals surface area contributed by atoms with E-state index in [0.29, 0.717) is 6.42 Å². The summed E-state index contributed by atoms with van der Waals surface area (Å²) in [7, 11) is 0. The molecular weight excluding hydrogens is 432 g/mol. The SMILES string of the molecule is CC(OC1CCCNC1c1ccccc1)c1cc(C(F)(F)F)cc(C(F)(F)F)c1.Cl. The Kier molecular flexibility index (Phi) is 7.82. The Bertz CT molecular complexity index is 792. The average Bonchev–Trinajstić information content (AvgIpc) is 2.67. The second-order valence-corrected chi connectivity index (χ2v) is 7.14. The maximum absolute atomic E-state index is 13.1. The van der Waals surface area contributed by atoms with Crippen LogP contribution in [0.15, 0.2) is 48.5 Å². The average molecular weight is 454 g/mol. The number of hydrogen-bond acceptors (Lipinski definition) is 2. The van der Waals surface area contributed by atoms with Crippen LogP contribution in [0.2, 0.25) is 0 Å². The molecule has 1 aliphatic rings. The maximum Gasteiger partial charge on any atom is 0.416 e. The van der Waals surface area contributed by atoms with Crippen LogP contribution in [0.1, 0.15) is 54.2 Å². The minimum absolute atomic E-state index is 0. The van der Waals surface area contributed by atoms with Crippen LogP contribution >= 0.6 is 12.4 Å². The first-order valence-electron chi connectivity index (χ1n) is 9.29. The molecule has 1 fully saturated rings. The van der Waals surface area contributed by atoms with Gasteiger partial charge in [-0.3, -0.25) is 0 Å². The van der Waals surface area contributed by atoms with Crippen LogP contribution in [0.3, 0.4) is 0 Å². The van der Waals surface area contributed by atoms with Gasteiger partial charge in [0, 0.05) is 0 Å². The Hall–Kier alpha value is -1.77. The van der Waals surface area contributed by atoms with Gasteiger partial charge in [-0.2, -0.15) is 26.3 Å². The lowest BCUT2D eigenvalue weighted by Crippen LogP contribution is -2.39. The van der Waals surface area contributed by atoms with E-state index >= 15 is 0 Å². The van der Waals surface area contributed by atoms with Crippen molar-refractivity contribution in [3.05, 3.63) is 70.8 Å². The van der Waals surface area contributed by atoms with E-state index in [-0.39, 0.29) is 36.2 Å². The first kappa shape index (κ1) is 24.5. The van der Waals surface area contributed by atoms with Crippen molar-refractivity contribution < 1.29 is 31.1 Å². The Morgan fingerprint density at radius 1 is 0.933 bits per heavy atom. The highest BCUT2D eigenvalue weighted by molar-refractivity contribution is 5.85. The van der Waals surface area contributed by atoms with Crippen molar-refractivity contribution in [1.29, 1.82) is 0 Å². The van der Waals surface area contributed by atoms with Gasteiger partial charge in [0.25, 0.3) is 0 Å². The minimum atomic E-state index is -4.88. The molecule has 0 saturated carbocycles. The Balaban J connectivity index is 0.00000320. The van der Waals surface area contributed by atoms with E-state index in [1.54, 1.807) is 0 Å². The third kappa shape index (κ3) is 5.89. The zero-order valence-electron chi connectivity index (χ0n) is 16.1. The quantitative estimate of drug-likeness (QED) is 0.519. The van der Waals surface area contributed by atoms with E-state index in [9.17, 15) is 26.3 Å². The first-order chi connectivity index (χ1) is 13.6. The van der Waals surface area contributed by atoms with Crippen molar-refractivity contribution in [2.45, 2.75) is 50.4 Å². The molecule has 0 aliphatic carbocycles. The summed E-state index contributed by atoms with van der Waals surface area (Å²) in [5.41, 5.74) is -1.85. The monoisotopic (exact) mass is 453 g/mol. The van der Waals surface area contributed by atoms with Gasteiger partial charge in [-0.1, -0.05) is 30.3 Å². The second-order valence-electron chi connectivity index (χ2n) is 7.14. The van der Waals surface area contributed by atoms with E-state index < -0.39 is 29.6 Å². The number of ether oxygens (including phenoxy) is 1. The molecule has 9 heteroatoms. The highest BCUT2D eigenvalue weighted by Gasteiger charge is 2.38. The minimum Gasteiger partial charge on any atom is -0.369 e. The number of nitrogens with one attached hydrogen (secondary N) is 1. The van der Waals surface area contributed by atoms with Crippen molar-refractivity contribution in [2.24, 2.45) is 0 Å². The summed E-state index contributed by atoms with van der Waals surface area (Å²) in [5, 5.41) is 3.33. The van der Waals surface area contributed by atoms with Gasteiger partial charge in [0.1, 0.15) is 0 Å². The van der Waals surface area contributed by atoms with Crippen molar-refractivity contribution in [1.82, 2.24) is 5.32 Å². The van der Waals surface area contributed by atoms with Crippen LogP contribution in [0.4, 0.5) is 26.3 Å². The highest BCUT2D eigenvalue weighted by Crippen LogP contribution is 2.39. The van der Waals surface area contributed by atoms with E-state index in [4.69, 9.17) is 4.74 Å². The van der Waals surface area contributed by atoms with Crippen molar-refractivity contribution in [3.63, 3.8) is 0 Å². The number of rotatable bonds is 4. The molecule has 0 aromatic heterocycles. The molecule has 0 radical (unpaired) electrons. The Morgan fingerprint density at radius 2 is 1.50 bits per heavy atom. The van der Waals surface area contributed by atoms with E-state index in [2.05, 4.69) is 5.32 Å². The van der Waals surface area contributed by atoms with Crippen molar-refractivity contribution in [3.8, 4) is 0 Å². The van der Waals surface area contributed by atoms with Crippen LogP contribution < -0.4 is 5.32 Å². The maximum atomic E-state index is 13.1. The molecule has 0 amide bonds.